The van der Waals surface area contributed by atoms with E-state index in [2.05, 4.69) is 14.8 Å². The number of amides is 1. The third-order valence-electron chi connectivity index (χ3n) is 2.62. The third-order valence-corrected chi connectivity index (χ3v) is 2.62. The van der Waals surface area contributed by atoms with E-state index < -0.39 is 55.5 Å². The van der Waals surface area contributed by atoms with Crippen molar-refractivity contribution in [3.63, 3.8) is 0 Å². The average molecular weight is 320 g/mol. The number of ether oxygens (including phenoxy) is 1. The number of aliphatic hydroxyl groups is 1. The van der Waals surface area contributed by atoms with Crippen molar-refractivity contribution in [3.05, 3.63) is 0 Å². The van der Waals surface area contributed by atoms with Crippen LogP contribution in [0.1, 0.15) is 48.6 Å². The Morgan fingerprint density at radius 1 is 1.41 bits per heavy atom. The summed E-state index contributed by atoms with van der Waals surface area (Å²) in [7, 11) is 0. The maximum atomic E-state index is 12.3. The highest BCUT2D eigenvalue weighted by atomic mass is 16.5. The van der Waals surface area contributed by atoms with Gasteiger partial charge in [-0.25, -0.2) is 4.79 Å². The molecular weight excluding hydrogens is 290 g/mol. The van der Waals surface area contributed by atoms with Crippen LogP contribution in [0.3, 0.4) is 0 Å². The molecule has 8 nitrogen and oxygen atoms in total. The zero-order chi connectivity index (χ0) is 22.3. The Labute approximate surface area is 137 Å². The lowest BCUT2D eigenvalue weighted by Gasteiger charge is -2.21. The third kappa shape index (κ3) is 7.66. The topological polar surface area (TPSA) is 131 Å². The lowest BCUT2D eigenvalue weighted by atomic mass is 10.0. The maximum Gasteiger partial charge on any atom is 0.372 e. The molecule has 0 aromatic heterocycles. The van der Waals surface area contributed by atoms with Crippen LogP contribution in [-0.2, 0) is 19.1 Å². The highest BCUT2D eigenvalue weighted by Crippen LogP contribution is 2.06. The van der Waals surface area contributed by atoms with Gasteiger partial charge in [-0.3, -0.25) is 9.59 Å². The van der Waals surface area contributed by atoms with Gasteiger partial charge in [0.25, 0.3) is 0 Å². The van der Waals surface area contributed by atoms with Crippen LogP contribution in [0, 0.1) is 11.4 Å². The maximum absolute atomic E-state index is 12.3. The molecule has 0 saturated heterocycles. The molecule has 22 heavy (non-hydrogen) atoms. The number of carbonyl (C=O) groups excluding carboxylic acids is 3. The summed E-state index contributed by atoms with van der Waals surface area (Å²) in [6.07, 6.45) is -4.02. The fourth-order valence-corrected chi connectivity index (χ4v) is 1.43. The van der Waals surface area contributed by atoms with E-state index in [-0.39, 0.29) is 12.8 Å². The van der Waals surface area contributed by atoms with E-state index >= 15 is 0 Å². The van der Waals surface area contributed by atoms with Gasteiger partial charge < -0.3 is 15.2 Å². The van der Waals surface area contributed by atoms with Crippen molar-refractivity contribution in [1.82, 2.24) is 5.32 Å². The van der Waals surface area contributed by atoms with Crippen LogP contribution in [0.5, 0.6) is 0 Å². The van der Waals surface area contributed by atoms with E-state index in [0.29, 0.717) is 6.21 Å². The number of aliphatic hydroxyl groups excluding tert-OH is 1. The number of carbonyl (C=O) groups is 3. The summed E-state index contributed by atoms with van der Waals surface area (Å²) in [5, 5.41) is 11.9. The summed E-state index contributed by atoms with van der Waals surface area (Å²) in [5.41, 5.74) is 6.58. The van der Waals surface area contributed by atoms with E-state index in [0.717, 1.165) is 0 Å². The van der Waals surface area contributed by atoms with Crippen molar-refractivity contribution in [2.24, 2.45) is 5.92 Å². The molecule has 0 spiro atoms. The first-order valence-electron chi connectivity index (χ1n) is 9.52. The van der Waals surface area contributed by atoms with Crippen molar-refractivity contribution in [1.29, 1.82) is 5.53 Å². The number of nitrogens with zero attached hydrogens (tertiary/aromatic N) is 1. The minimum atomic E-state index is -3.15. The van der Waals surface area contributed by atoms with Crippen molar-refractivity contribution in [3.8, 4) is 0 Å². The summed E-state index contributed by atoms with van der Waals surface area (Å²) < 4.78 is 48.1. The van der Waals surface area contributed by atoms with Gasteiger partial charge in [0.1, 0.15) is 12.1 Å². The van der Waals surface area contributed by atoms with Crippen LogP contribution in [0.15, 0.2) is 0 Å². The Balaban J connectivity index is 5.50. The number of rotatable bonds is 9. The second kappa shape index (κ2) is 9.81. The summed E-state index contributed by atoms with van der Waals surface area (Å²) in [5.74, 6) is -3.52. The van der Waals surface area contributed by atoms with Crippen LogP contribution in [-0.4, -0.2) is 52.0 Å². The van der Waals surface area contributed by atoms with Gasteiger partial charge in [0.15, 0.2) is 0 Å². The smallest absolute Gasteiger partial charge is 0.372 e. The zero-order valence-electron chi connectivity index (χ0n) is 18.3. The molecule has 0 radical (unpaired) electrons. The summed E-state index contributed by atoms with van der Waals surface area (Å²) >= 11 is 0. The van der Waals surface area contributed by atoms with Gasteiger partial charge in [-0.15, -0.1) is 0 Å². The van der Waals surface area contributed by atoms with Crippen molar-refractivity contribution < 1.29 is 37.2 Å². The molecule has 0 bridgehead atoms. The van der Waals surface area contributed by atoms with Crippen LogP contribution in [0.25, 0.3) is 0 Å². The number of hydrogen-bond donors (Lipinski definition) is 3. The zero-order valence-corrected chi connectivity index (χ0v) is 12.3. The molecule has 0 unspecified atom stereocenters. The normalized spacial score (nSPS) is 18.4. The lowest BCUT2D eigenvalue weighted by Crippen LogP contribution is -2.48. The van der Waals surface area contributed by atoms with Crippen LogP contribution >= 0.6 is 0 Å². The second-order valence-electron chi connectivity index (χ2n) is 4.83. The molecule has 0 rings (SSSR count). The molecule has 0 aliphatic rings. The van der Waals surface area contributed by atoms with Gasteiger partial charge in [0, 0.05) is 14.6 Å². The van der Waals surface area contributed by atoms with E-state index in [4.69, 9.17) is 13.8 Å². The lowest BCUT2D eigenvalue weighted by molar-refractivity contribution is -0.153. The molecular formula is C14H24N3O5+. The Bertz CT molecular complexity index is 614. The predicted molar refractivity (Wildman–Crippen MR) is 77.3 cm³/mol. The van der Waals surface area contributed by atoms with Crippen LogP contribution in [0.2, 0.25) is 0 Å². The van der Waals surface area contributed by atoms with Crippen LogP contribution in [0.4, 0.5) is 0 Å². The standard InChI is InChI=1S/C14H23N3O5/c1-8(2)12(19)13(20)17-11(14(21)22-9(3)4)6-5-10(18)7-16-15/h7-9,11-12,15,19H,5-6H2,1-4H3/p+1/t11-,12-/m0/s1/i3D3,4D3. The summed E-state index contributed by atoms with van der Waals surface area (Å²) in [6.45, 7) is -3.24. The van der Waals surface area contributed by atoms with Crippen molar-refractivity contribution >= 4 is 23.9 Å². The molecule has 0 aliphatic carbocycles. The Morgan fingerprint density at radius 2 is 2.05 bits per heavy atom. The predicted octanol–water partition coefficient (Wildman–Crippen LogP) is 0.0990. The van der Waals surface area contributed by atoms with E-state index in [1.807, 2.05) is 0 Å². The molecule has 3 N–H and O–H groups in total. The summed E-state index contributed by atoms with van der Waals surface area (Å²) in [6, 6.07) is -1.59. The van der Waals surface area contributed by atoms with Crippen molar-refractivity contribution in [2.45, 2.75) is 58.6 Å². The SMILES string of the molecule is [2H]C([2H])([2H])C(OC(=O)[C@H](CCC(=O)C=[N+]=N)NC(=O)[C@@H](O)C(C)C)C([2H])([2H])[2H]. The van der Waals surface area contributed by atoms with Crippen molar-refractivity contribution in [2.75, 3.05) is 0 Å². The molecule has 1 amide bonds. The fraction of sp³-hybridized carbons (Fsp3) is 0.714. The molecule has 124 valence electrons. The Kier molecular flexibility index (Phi) is 5.13. The number of Topliss-reactive ketones (excluding diaryl/α,β-unsaturated/α-hetero) is 1. The summed E-state index contributed by atoms with van der Waals surface area (Å²) in [4.78, 5) is 38.6. The van der Waals surface area contributed by atoms with E-state index in [9.17, 15) is 19.5 Å². The van der Waals surface area contributed by atoms with Gasteiger partial charge >= 0.3 is 12.2 Å². The number of hydrogen-bond acceptors (Lipinski definition) is 6. The fourth-order valence-electron chi connectivity index (χ4n) is 1.43. The van der Waals surface area contributed by atoms with E-state index in [1.165, 1.54) is 13.8 Å². The molecule has 2 atom stereocenters. The van der Waals surface area contributed by atoms with Gasteiger partial charge in [0.2, 0.25) is 11.7 Å². The second-order valence-corrected chi connectivity index (χ2v) is 4.83. The minimum absolute atomic E-state index is 0.369. The number of esters is 1. The quantitative estimate of drug-likeness (QED) is 0.240. The molecule has 8 heteroatoms. The minimum Gasteiger partial charge on any atom is -0.461 e. The highest BCUT2D eigenvalue weighted by Gasteiger charge is 2.28. The molecule has 0 fully saturated rings. The largest absolute Gasteiger partial charge is 0.461 e. The average Bonchev–Trinajstić information content (AvgIpc) is 2.53. The first-order chi connectivity index (χ1) is 12.6. The molecule has 0 heterocycles. The van der Waals surface area contributed by atoms with E-state index in [1.54, 1.807) is 0 Å². The molecule has 0 aliphatic heterocycles. The Hall–Kier alpha value is -2.05. The Morgan fingerprint density at radius 3 is 2.55 bits per heavy atom. The first-order valence-corrected chi connectivity index (χ1v) is 6.52. The van der Waals surface area contributed by atoms with Gasteiger partial charge in [0.05, 0.1) is 16.4 Å². The number of ketones is 1. The molecule has 0 aromatic rings. The van der Waals surface area contributed by atoms with Gasteiger partial charge in [-0.1, -0.05) is 13.8 Å². The van der Waals surface area contributed by atoms with Crippen LogP contribution < -0.4 is 5.32 Å². The van der Waals surface area contributed by atoms with Gasteiger partial charge in [-0.05, 0) is 26.0 Å². The monoisotopic (exact) mass is 320 g/mol. The van der Waals surface area contributed by atoms with Gasteiger partial charge in [-0.2, -0.15) is 0 Å². The molecule has 0 saturated carbocycles. The first kappa shape index (κ1) is 11.5. The molecule has 0 aromatic carbocycles. The highest BCUT2D eigenvalue weighted by molar-refractivity contribution is 6.25. The number of nitrogens with one attached hydrogen (secondary N) is 2.